The maximum atomic E-state index is 12.3. The number of rotatable bonds is 7. The molecule has 3 amide bonds. The summed E-state index contributed by atoms with van der Waals surface area (Å²) in [6, 6.07) is 4.44. The number of carbonyl (C=O) groups is 3. The van der Waals surface area contributed by atoms with Gasteiger partial charge in [0, 0.05) is 20.3 Å². The number of methoxy groups -OCH3 is 1. The normalized spacial score (nSPS) is 15.9. The van der Waals surface area contributed by atoms with Gasteiger partial charge in [-0.2, -0.15) is 0 Å². The summed E-state index contributed by atoms with van der Waals surface area (Å²) in [5.74, 6) is -1.02. The lowest BCUT2D eigenvalue weighted by Gasteiger charge is -2.12. The molecular weight excluding hydrogens is 368 g/mol. The predicted octanol–water partition coefficient (Wildman–Crippen LogP) is 2.23. The fraction of sp³-hybridized carbons (Fsp3) is 0.312. The zero-order chi connectivity index (χ0) is 18.4. The molecule has 0 atom stereocenters. The van der Waals surface area contributed by atoms with Crippen LogP contribution in [-0.2, 0) is 14.3 Å². The molecule has 134 valence electrons. The van der Waals surface area contributed by atoms with E-state index in [4.69, 9.17) is 16.3 Å². The Labute approximate surface area is 154 Å². The first kappa shape index (κ1) is 19.3. The fourth-order valence-corrected chi connectivity index (χ4v) is 3.07. The number of phenols is 1. The smallest absolute Gasteiger partial charge is 0.294 e. The van der Waals surface area contributed by atoms with Gasteiger partial charge in [0.05, 0.1) is 9.93 Å². The molecule has 0 spiro atoms. The highest BCUT2D eigenvalue weighted by Crippen LogP contribution is 2.33. The number of benzene rings is 1. The number of hydrogen-bond donors (Lipinski definition) is 2. The number of halogens is 1. The monoisotopic (exact) mass is 384 g/mol. The highest BCUT2D eigenvalue weighted by Gasteiger charge is 2.36. The fourth-order valence-electron chi connectivity index (χ4n) is 2.04. The van der Waals surface area contributed by atoms with Crippen molar-refractivity contribution < 1.29 is 24.2 Å². The molecule has 2 rings (SSSR count). The number of nitrogens with one attached hydrogen (secondary N) is 1. The van der Waals surface area contributed by atoms with Crippen LogP contribution in [0.2, 0.25) is 5.02 Å². The van der Waals surface area contributed by atoms with Gasteiger partial charge in [0.15, 0.2) is 0 Å². The quantitative estimate of drug-likeness (QED) is 0.553. The maximum Gasteiger partial charge on any atom is 0.294 e. The van der Waals surface area contributed by atoms with Crippen molar-refractivity contribution in [2.45, 2.75) is 6.42 Å². The van der Waals surface area contributed by atoms with E-state index in [0.29, 0.717) is 25.1 Å². The maximum absolute atomic E-state index is 12.3. The topological polar surface area (TPSA) is 95.9 Å². The van der Waals surface area contributed by atoms with Crippen LogP contribution in [0.15, 0.2) is 23.1 Å². The van der Waals surface area contributed by atoms with Gasteiger partial charge in [0.25, 0.3) is 11.1 Å². The van der Waals surface area contributed by atoms with Crippen LogP contribution in [-0.4, -0.2) is 53.9 Å². The van der Waals surface area contributed by atoms with E-state index >= 15 is 0 Å². The van der Waals surface area contributed by atoms with Gasteiger partial charge in [-0.25, -0.2) is 0 Å². The first-order chi connectivity index (χ1) is 11.9. The van der Waals surface area contributed by atoms with E-state index in [-0.39, 0.29) is 22.2 Å². The van der Waals surface area contributed by atoms with Crippen molar-refractivity contribution >= 4 is 46.5 Å². The Kier molecular flexibility index (Phi) is 6.86. The molecule has 0 radical (unpaired) electrons. The van der Waals surface area contributed by atoms with Crippen molar-refractivity contribution in [3.8, 4) is 5.75 Å². The molecule has 1 aliphatic rings. The Bertz CT molecular complexity index is 722. The lowest BCUT2D eigenvalue weighted by atomic mass is 10.2. The van der Waals surface area contributed by atoms with Crippen LogP contribution in [0.1, 0.15) is 12.0 Å². The molecule has 0 bridgehead atoms. The first-order valence-electron chi connectivity index (χ1n) is 7.42. The molecule has 1 saturated heterocycles. The number of carbonyl (C=O) groups excluding carboxylic acids is 3. The van der Waals surface area contributed by atoms with Crippen molar-refractivity contribution in [3.05, 3.63) is 33.7 Å². The Morgan fingerprint density at radius 3 is 2.88 bits per heavy atom. The number of amides is 3. The molecule has 0 unspecified atom stereocenters. The summed E-state index contributed by atoms with van der Waals surface area (Å²) in [7, 11) is 1.57. The first-order valence-corrected chi connectivity index (χ1v) is 8.61. The average Bonchev–Trinajstić information content (AvgIpc) is 2.82. The minimum Gasteiger partial charge on any atom is -0.506 e. The molecule has 1 heterocycles. The lowest BCUT2D eigenvalue weighted by molar-refractivity contribution is -0.129. The number of thioether (sulfide) groups is 1. The van der Waals surface area contributed by atoms with Gasteiger partial charge >= 0.3 is 0 Å². The van der Waals surface area contributed by atoms with Crippen molar-refractivity contribution in [3.63, 3.8) is 0 Å². The third-order valence-corrected chi connectivity index (χ3v) is 4.50. The second-order valence-corrected chi connectivity index (χ2v) is 6.58. The highest BCUT2D eigenvalue weighted by atomic mass is 35.5. The molecule has 9 heteroatoms. The zero-order valence-electron chi connectivity index (χ0n) is 13.5. The molecule has 0 aromatic heterocycles. The van der Waals surface area contributed by atoms with Gasteiger partial charge in [0.1, 0.15) is 12.3 Å². The Balaban J connectivity index is 2.00. The van der Waals surface area contributed by atoms with Crippen LogP contribution >= 0.6 is 23.4 Å². The van der Waals surface area contributed by atoms with Crippen LogP contribution in [0.5, 0.6) is 5.75 Å². The molecule has 25 heavy (non-hydrogen) atoms. The molecule has 1 aromatic carbocycles. The van der Waals surface area contributed by atoms with Crippen LogP contribution < -0.4 is 5.32 Å². The van der Waals surface area contributed by atoms with Crippen LogP contribution in [0.3, 0.4) is 0 Å². The number of hydrogen-bond acceptors (Lipinski definition) is 6. The van der Waals surface area contributed by atoms with E-state index in [0.717, 1.165) is 16.7 Å². The number of ether oxygens (including phenoxy) is 1. The Morgan fingerprint density at radius 2 is 2.20 bits per heavy atom. The van der Waals surface area contributed by atoms with Crippen molar-refractivity contribution in [2.24, 2.45) is 0 Å². The summed E-state index contributed by atoms with van der Waals surface area (Å²) in [4.78, 5) is 37.2. The summed E-state index contributed by atoms with van der Waals surface area (Å²) in [5, 5.41) is 11.7. The van der Waals surface area contributed by atoms with E-state index in [2.05, 4.69) is 5.32 Å². The van der Waals surface area contributed by atoms with Gasteiger partial charge in [-0.05, 0) is 42.0 Å². The minimum atomic E-state index is -0.536. The lowest BCUT2D eigenvalue weighted by Crippen LogP contribution is -2.39. The summed E-state index contributed by atoms with van der Waals surface area (Å²) >= 11 is 6.58. The van der Waals surface area contributed by atoms with Crippen LogP contribution in [0.4, 0.5) is 4.79 Å². The van der Waals surface area contributed by atoms with Gasteiger partial charge in [0.2, 0.25) is 5.91 Å². The molecule has 0 aliphatic carbocycles. The third-order valence-electron chi connectivity index (χ3n) is 3.29. The number of imide groups is 1. The van der Waals surface area contributed by atoms with Crippen molar-refractivity contribution in [2.75, 3.05) is 26.8 Å². The average molecular weight is 385 g/mol. The molecule has 0 saturated carbocycles. The van der Waals surface area contributed by atoms with Gasteiger partial charge in [-0.15, -0.1) is 0 Å². The summed E-state index contributed by atoms with van der Waals surface area (Å²) in [6.45, 7) is 0.593. The van der Waals surface area contributed by atoms with Crippen molar-refractivity contribution in [1.82, 2.24) is 10.2 Å². The predicted molar refractivity (Wildman–Crippen MR) is 95.3 cm³/mol. The Morgan fingerprint density at radius 1 is 1.44 bits per heavy atom. The van der Waals surface area contributed by atoms with E-state index < -0.39 is 17.1 Å². The summed E-state index contributed by atoms with van der Waals surface area (Å²) in [6.07, 6.45) is 2.14. The van der Waals surface area contributed by atoms with E-state index in [9.17, 15) is 19.5 Å². The van der Waals surface area contributed by atoms with Gasteiger partial charge < -0.3 is 15.2 Å². The molecular formula is C16H17ClN2O5S. The minimum absolute atomic E-state index is 0.0722. The standard InChI is InChI=1S/C16H17ClN2O5S/c1-24-6-2-5-18-14(21)9-19-15(22)13(25-16(19)23)8-10-3-4-12(20)11(17)7-10/h3-4,7-8,20H,2,5-6,9H2,1H3,(H,18,21)/b13-8-. The largest absolute Gasteiger partial charge is 0.506 e. The second-order valence-electron chi connectivity index (χ2n) is 5.18. The molecule has 7 nitrogen and oxygen atoms in total. The van der Waals surface area contributed by atoms with Gasteiger partial charge in [-0.1, -0.05) is 17.7 Å². The summed E-state index contributed by atoms with van der Waals surface area (Å²) < 4.78 is 4.87. The van der Waals surface area contributed by atoms with Crippen LogP contribution in [0, 0.1) is 0 Å². The van der Waals surface area contributed by atoms with Crippen LogP contribution in [0.25, 0.3) is 6.08 Å². The number of aromatic hydroxyl groups is 1. The van der Waals surface area contributed by atoms with Gasteiger partial charge in [-0.3, -0.25) is 19.3 Å². The van der Waals surface area contributed by atoms with E-state index in [1.165, 1.54) is 18.2 Å². The van der Waals surface area contributed by atoms with Crippen molar-refractivity contribution in [1.29, 1.82) is 0 Å². The molecule has 1 aliphatic heterocycles. The third kappa shape index (κ3) is 5.22. The van der Waals surface area contributed by atoms with E-state index in [1.807, 2.05) is 0 Å². The highest BCUT2D eigenvalue weighted by molar-refractivity contribution is 8.18. The zero-order valence-corrected chi connectivity index (χ0v) is 15.0. The molecule has 1 fully saturated rings. The number of nitrogens with zero attached hydrogens (tertiary/aromatic N) is 1. The second kappa shape index (κ2) is 8.89. The SMILES string of the molecule is COCCCNC(=O)CN1C(=O)S/C(=C\c2ccc(O)c(Cl)c2)C1=O. The molecule has 1 aromatic rings. The Hall–Kier alpha value is -2.03. The molecule has 2 N–H and O–H groups in total. The summed E-state index contributed by atoms with van der Waals surface area (Å²) in [5.41, 5.74) is 0.567. The number of phenolic OH excluding ortho intramolecular Hbond substituents is 1. The van der Waals surface area contributed by atoms with E-state index in [1.54, 1.807) is 13.2 Å².